The Morgan fingerprint density at radius 2 is 1.73 bits per heavy atom. The van der Waals surface area contributed by atoms with Gasteiger partial charge in [0.25, 0.3) is 5.91 Å². The summed E-state index contributed by atoms with van der Waals surface area (Å²) in [6.45, 7) is 5.56. The van der Waals surface area contributed by atoms with Crippen LogP contribution in [0.5, 0.6) is 5.75 Å². The Kier molecular flexibility index (Phi) is 12.2. The molecule has 6 aliphatic rings. The van der Waals surface area contributed by atoms with E-state index >= 15 is 8.78 Å². The van der Waals surface area contributed by atoms with Gasteiger partial charge < -0.3 is 40.1 Å². The summed E-state index contributed by atoms with van der Waals surface area (Å²) >= 11 is 0. The molecule has 17 heteroatoms. The average molecular weight is 884 g/mol. The van der Waals surface area contributed by atoms with Gasteiger partial charge in [-0.1, -0.05) is 19.8 Å². The number of ether oxygens (including phenoxy) is 1. The first-order chi connectivity index (χ1) is 30.9. The predicted octanol–water partition coefficient (Wildman–Crippen LogP) is 5.25. The number of aliphatic hydroxyl groups is 1. The van der Waals surface area contributed by atoms with Gasteiger partial charge in [-0.3, -0.25) is 24.5 Å². The zero-order valence-electron chi connectivity index (χ0n) is 36.9. The molecule has 2 saturated carbocycles. The summed E-state index contributed by atoms with van der Waals surface area (Å²) in [6.07, 6.45) is 9.87. The van der Waals surface area contributed by atoms with E-state index in [0.717, 1.165) is 70.4 Å². The molecular formula is C47H59F2N9O6. The van der Waals surface area contributed by atoms with Crippen LogP contribution in [0.2, 0.25) is 0 Å². The number of rotatable bonds is 13. The summed E-state index contributed by atoms with van der Waals surface area (Å²) in [5.41, 5.74) is 1.25. The van der Waals surface area contributed by atoms with E-state index in [1.54, 1.807) is 43.5 Å². The van der Waals surface area contributed by atoms with Crippen LogP contribution in [0.15, 0.2) is 36.5 Å². The number of hydrogen-bond acceptors (Lipinski definition) is 12. The number of benzene rings is 2. The minimum absolute atomic E-state index is 0.0373. The third kappa shape index (κ3) is 8.02. The van der Waals surface area contributed by atoms with Crippen LogP contribution >= 0.6 is 0 Å². The van der Waals surface area contributed by atoms with Gasteiger partial charge in [-0.25, -0.2) is 13.8 Å². The Morgan fingerprint density at radius 1 is 1.00 bits per heavy atom. The van der Waals surface area contributed by atoms with E-state index in [-0.39, 0.29) is 66.7 Å². The van der Waals surface area contributed by atoms with Crippen LogP contribution in [0.4, 0.5) is 37.6 Å². The fraction of sp³-hybridized carbons (Fsp3) is 0.574. The molecule has 342 valence electrons. The number of piperidine rings is 2. The van der Waals surface area contributed by atoms with Gasteiger partial charge in [0.2, 0.25) is 23.7 Å². The molecule has 5 heterocycles. The number of fused-ring (bicyclic) bond motifs is 3. The zero-order chi connectivity index (χ0) is 44.9. The van der Waals surface area contributed by atoms with Gasteiger partial charge in [0, 0.05) is 75.7 Å². The third-order valence-electron chi connectivity index (χ3n) is 15.1. The lowest BCUT2D eigenvalue weighted by atomic mass is 9.74. The highest BCUT2D eigenvalue weighted by Gasteiger charge is 2.54. The van der Waals surface area contributed by atoms with Crippen LogP contribution in [0.25, 0.3) is 0 Å². The molecule has 1 aromatic heterocycles. The highest BCUT2D eigenvalue weighted by Crippen LogP contribution is 2.48. The Morgan fingerprint density at radius 3 is 2.41 bits per heavy atom. The minimum Gasteiger partial charge on any atom is -0.495 e. The van der Waals surface area contributed by atoms with E-state index in [1.807, 2.05) is 11.8 Å². The number of likely N-dealkylation sites (N-methyl/N-ethyl adjacent to an activating group) is 1. The molecule has 3 aromatic rings. The summed E-state index contributed by atoms with van der Waals surface area (Å²) in [5.74, 6) is -1.87. The van der Waals surface area contributed by atoms with E-state index in [0.29, 0.717) is 60.3 Å². The number of methoxy groups -OCH3 is 1. The molecule has 3 unspecified atom stereocenters. The molecule has 3 saturated heterocycles. The lowest BCUT2D eigenvalue weighted by Crippen LogP contribution is -2.63. The number of anilines is 5. The molecule has 64 heavy (non-hydrogen) atoms. The van der Waals surface area contributed by atoms with Crippen LogP contribution < -0.4 is 35.4 Å². The number of amides is 4. The van der Waals surface area contributed by atoms with Crippen LogP contribution in [0, 0.1) is 29.4 Å². The van der Waals surface area contributed by atoms with Crippen molar-refractivity contribution in [3.05, 3.63) is 59.3 Å². The molecule has 0 spiro atoms. The van der Waals surface area contributed by atoms with Crippen molar-refractivity contribution in [3.63, 3.8) is 0 Å². The second kappa shape index (κ2) is 17.9. The second-order valence-corrected chi connectivity index (χ2v) is 18.7. The Bertz CT molecular complexity index is 2270. The Balaban J connectivity index is 0.850. The molecule has 2 bridgehead atoms. The van der Waals surface area contributed by atoms with Crippen molar-refractivity contribution >= 4 is 52.5 Å². The molecular weight excluding hydrogens is 825 g/mol. The SMILES string of the molecule is CC[C@@H]1C(=O)N(C)c2cnc(Nc3ccc(C(=O)NC4(CCO)C5CCC4CN(C[C@@H]4CCN(c6cc(F)c(C7CCC(=O)NC7=O)c(F)c6)C4)C5)cc3OC)nc2N1C1CCCC1. The van der Waals surface area contributed by atoms with Gasteiger partial charge in [0.15, 0.2) is 5.82 Å². The first kappa shape index (κ1) is 43.8. The van der Waals surface area contributed by atoms with E-state index in [4.69, 9.17) is 9.72 Å². The standard InChI is InChI=1S/C47H59F2N9O6/c1-4-37-45(63)55(2)38-22-50-46(53-42(38)58(37)31-7-5-6-8-31)51-36-13-9-28(19-39(36)64-3)43(61)54-47(16-18-59)29-10-11-30(47)26-56(25-29)23-27-15-17-57(24-27)32-20-34(48)41(35(49)21-32)33-12-14-40(60)52-44(33)62/h9,13,19-22,27,29-31,33,37,59H,4-8,10-12,14-18,23-26H2,1-3H3,(H,54,61)(H,50,51,53)(H,52,60,62)/t27-,29?,30?,33?,37+,47?/m0/s1. The lowest BCUT2D eigenvalue weighted by molar-refractivity contribution is -0.134. The quantitative estimate of drug-likeness (QED) is 0.165. The number of carbonyl (C=O) groups excluding carboxylic acids is 4. The van der Waals surface area contributed by atoms with Crippen molar-refractivity contribution in [2.75, 3.05) is 73.5 Å². The number of hydrogen-bond donors (Lipinski definition) is 4. The van der Waals surface area contributed by atoms with E-state index in [1.165, 1.54) is 12.1 Å². The molecule has 15 nitrogen and oxygen atoms in total. The number of likely N-dealkylation sites (tertiary alicyclic amines) is 1. The number of nitrogens with zero attached hydrogens (tertiary/aromatic N) is 6. The maximum absolute atomic E-state index is 15.4. The molecule has 4 aliphatic heterocycles. The van der Waals surface area contributed by atoms with E-state index in [2.05, 4.69) is 30.7 Å². The number of imide groups is 1. The first-order valence-corrected chi connectivity index (χ1v) is 23.0. The normalized spacial score (nSPS) is 27.2. The Labute approximate surface area is 372 Å². The molecule has 2 aromatic carbocycles. The van der Waals surface area contributed by atoms with Crippen molar-refractivity contribution in [1.29, 1.82) is 0 Å². The van der Waals surface area contributed by atoms with E-state index < -0.39 is 34.9 Å². The summed E-state index contributed by atoms with van der Waals surface area (Å²) < 4.78 is 36.6. The van der Waals surface area contributed by atoms with Crippen molar-refractivity contribution in [3.8, 4) is 5.75 Å². The van der Waals surface area contributed by atoms with Crippen molar-refractivity contribution in [1.82, 2.24) is 25.5 Å². The molecule has 9 rings (SSSR count). The Hall–Kier alpha value is -5.42. The van der Waals surface area contributed by atoms with Gasteiger partial charge in [0.05, 0.1) is 30.5 Å². The zero-order valence-corrected chi connectivity index (χ0v) is 36.9. The van der Waals surface area contributed by atoms with Crippen LogP contribution in [0.1, 0.15) is 99.4 Å². The van der Waals surface area contributed by atoms with Crippen LogP contribution in [-0.4, -0.2) is 115 Å². The lowest BCUT2D eigenvalue weighted by Gasteiger charge is -2.49. The predicted molar refractivity (Wildman–Crippen MR) is 237 cm³/mol. The first-order valence-electron chi connectivity index (χ1n) is 23.0. The highest BCUT2D eigenvalue weighted by molar-refractivity contribution is 6.04. The topological polar surface area (TPSA) is 173 Å². The molecule has 2 aliphatic carbocycles. The molecule has 4 amide bonds. The molecule has 5 atom stereocenters. The maximum Gasteiger partial charge on any atom is 0.251 e. The highest BCUT2D eigenvalue weighted by atomic mass is 19.1. The maximum atomic E-state index is 15.4. The summed E-state index contributed by atoms with van der Waals surface area (Å²) in [7, 11) is 3.32. The third-order valence-corrected chi connectivity index (χ3v) is 15.1. The van der Waals surface area contributed by atoms with Gasteiger partial charge in [0.1, 0.15) is 29.1 Å². The van der Waals surface area contributed by atoms with Crippen molar-refractivity contribution < 1.29 is 37.8 Å². The van der Waals surface area contributed by atoms with E-state index in [9.17, 15) is 24.3 Å². The number of carbonyl (C=O) groups is 4. The number of halogens is 2. The molecule has 0 radical (unpaired) electrons. The fourth-order valence-electron chi connectivity index (χ4n) is 11.9. The van der Waals surface area contributed by atoms with Gasteiger partial charge in [-0.2, -0.15) is 4.98 Å². The van der Waals surface area contributed by atoms with Gasteiger partial charge in [-0.15, -0.1) is 0 Å². The largest absolute Gasteiger partial charge is 0.495 e. The average Bonchev–Trinajstić information content (AvgIpc) is 4.01. The van der Waals surface area contributed by atoms with Crippen LogP contribution in [0.3, 0.4) is 0 Å². The smallest absolute Gasteiger partial charge is 0.251 e. The molecule has 4 N–H and O–H groups in total. The second-order valence-electron chi connectivity index (χ2n) is 18.7. The van der Waals surface area contributed by atoms with Crippen molar-refractivity contribution in [2.45, 2.75) is 101 Å². The monoisotopic (exact) mass is 883 g/mol. The fourth-order valence-corrected chi connectivity index (χ4v) is 11.9. The molecule has 5 fully saturated rings. The minimum atomic E-state index is -1.04. The summed E-state index contributed by atoms with van der Waals surface area (Å²) in [4.78, 5) is 69.3. The summed E-state index contributed by atoms with van der Waals surface area (Å²) in [6, 6.07) is 7.78. The van der Waals surface area contributed by atoms with Crippen molar-refractivity contribution in [2.24, 2.45) is 17.8 Å². The van der Waals surface area contributed by atoms with Crippen LogP contribution in [-0.2, 0) is 14.4 Å². The number of aromatic nitrogens is 2. The number of aliphatic hydroxyl groups excluding tert-OH is 1. The summed E-state index contributed by atoms with van der Waals surface area (Å²) in [5, 5.41) is 19.3. The van der Waals surface area contributed by atoms with Gasteiger partial charge >= 0.3 is 0 Å². The number of nitrogens with one attached hydrogen (secondary N) is 3. The van der Waals surface area contributed by atoms with Gasteiger partial charge in [-0.05, 0) is 99.5 Å².